The van der Waals surface area contributed by atoms with Crippen LogP contribution in [0.1, 0.15) is 44.7 Å². The van der Waals surface area contributed by atoms with Crippen LogP contribution in [0.25, 0.3) is 0 Å². The number of aliphatic hydroxyl groups is 1. The molecule has 1 rings (SSSR count). The quantitative estimate of drug-likeness (QED) is 0.839. The van der Waals surface area contributed by atoms with E-state index in [4.69, 9.17) is 9.84 Å². The molecular weight excluding hydrogens is 236 g/mol. The molecule has 0 saturated heterocycles. The standard InChI is InChI=1S/C17H24O2/c1-14-13-15(7-5-6-11-18)8-9-16(14)19-12-10-17(2,3)4/h8-9,13,18H,6,10-12H2,1-4H3. The Hall–Kier alpha value is -1.46. The van der Waals surface area contributed by atoms with Gasteiger partial charge in [-0.15, -0.1) is 0 Å². The summed E-state index contributed by atoms with van der Waals surface area (Å²) in [7, 11) is 0. The molecule has 0 aliphatic rings. The lowest BCUT2D eigenvalue weighted by molar-refractivity contribution is 0.242. The van der Waals surface area contributed by atoms with Crippen molar-refractivity contribution in [2.45, 2.75) is 40.5 Å². The molecule has 0 radical (unpaired) electrons. The Morgan fingerprint density at radius 3 is 2.58 bits per heavy atom. The monoisotopic (exact) mass is 260 g/mol. The van der Waals surface area contributed by atoms with Gasteiger partial charge in [0.05, 0.1) is 13.2 Å². The first-order valence-corrected chi connectivity index (χ1v) is 6.75. The zero-order chi connectivity index (χ0) is 14.3. The van der Waals surface area contributed by atoms with Gasteiger partial charge in [-0.1, -0.05) is 32.6 Å². The van der Waals surface area contributed by atoms with Crippen LogP contribution in [0.2, 0.25) is 0 Å². The van der Waals surface area contributed by atoms with Gasteiger partial charge < -0.3 is 9.84 Å². The molecular formula is C17H24O2. The molecule has 104 valence electrons. The SMILES string of the molecule is Cc1cc(C#CCCO)ccc1OCCC(C)(C)C. The molecule has 0 atom stereocenters. The van der Waals surface area contributed by atoms with Crippen molar-refractivity contribution in [2.24, 2.45) is 5.41 Å². The Morgan fingerprint density at radius 1 is 1.26 bits per heavy atom. The van der Waals surface area contributed by atoms with Crippen LogP contribution in [0.3, 0.4) is 0 Å². The van der Waals surface area contributed by atoms with Crippen LogP contribution in [-0.2, 0) is 0 Å². The highest BCUT2D eigenvalue weighted by Crippen LogP contribution is 2.22. The summed E-state index contributed by atoms with van der Waals surface area (Å²) >= 11 is 0. The normalized spacial score (nSPS) is 10.8. The zero-order valence-electron chi connectivity index (χ0n) is 12.4. The Kier molecular flexibility index (Phi) is 5.92. The Labute approximate surface area is 116 Å². The van der Waals surface area contributed by atoms with Crippen LogP contribution in [-0.4, -0.2) is 18.3 Å². The second-order valence-electron chi connectivity index (χ2n) is 5.91. The highest BCUT2D eigenvalue weighted by Gasteiger charge is 2.10. The molecule has 1 aromatic rings. The van der Waals surface area contributed by atoms with Gasteiger partial charge in [-0.25, -0.2) is 0 Å². The van der Waals surface area contributed by atoms with Gasteiger partial charge in [0.2, 0.25) is 0 Å². The number of hydrogen-bond acceptors (Lipinski definition) is 2. The number of ether oxygens (including phenoxy) is 1. The molecule has 0 aliphatic heterocycles. The minimum Gasteiger partial charge on any atom is -0.493 e. The van der Waals surface area contributed by atoms with E-state index in [0.29, 0.717) is 11.8 Å². The number of hydrogen-bond donors (Lipinski definition) is 1. The predicted molar refractivity (Wildman–Crippen MR) is 79.3 cm³/mol. The van der Waals surface area contributed by atoms with Crippen molar-refractivity contribution >= 4 is 0 Å². The number of aryl methyl sites for hydroxylation is 1. The summed E-state index contributed by atoms with van der Waals surface area (Å²) < 4.78 is 5.81. The van der Waals surface area contributed by atoms with Gasteiger partial charge in [0, 0.05) is 12.0 Å². The van der Waals surface area contributed by atoms with Crippen molar-refractivity contribution in [2.75, 3.05) is 13.2 Å². The second kappa shape index (κ2) is 7.21. The van der Waals surface area contributed by atoms with Crippen LogP contribution in [0, 0.1) is 24.2 Å². The topological polar surface area (TPSA) is 29.5 Å². The molecule has 0 saturated carbocycles. The fourth-order valence-electron chi connectivity index (χ4n) is 1.58. The highest BCUT2D eigenvalue weighted by molar-refractivity contribution is 5.43. The lowest BCUT2D eigenvalue weighted by Crippen LogP contribution is -2.11. The minimum atomic E-state index is 0.111. The molecule has 0 heterocycles. The van der Waals surface area contributed by atoms with Gasteiger partial charge in [-0.05, 0) is 42.5 Å². The first-order chi connectivity index (χ1) is 8.92. The summed E-state index contributed by atoms with van der Waals surface area (Å²) in [5, 5.41) is 8.68. The Bertz CT molecular complexity index is 458. The van der Waals surface area contributed by atoms with Crippen molar-refractivity contribution in [3.05, 3.63) is 29.3 Å². The van der Waals surface area contributed by atoms with Crippen LogP contribution in [0.5, 0.6) is 5.75 Å². The molecule has 0 bridgehead atoms. The third kappa shape index (κ3) is 6.31. The number of aliphatic hydroxyl groups excluding tert-OH is 1. The van der Waals surface area contributed by atoms with Crippen molar-refractivity contribution < 1.29 is 9.84 Å². The van der Waals surface area contributed by atoms with E-state index in [0.717, 1.165) is 29.9 Å². The Morgan fingerprint density at radius 2 is 2.00 bits per heavy atom. The third-order valence-electron chi connectivity index (χ3n) is 2.75. The lowest BCUT2D eigenvalue weighted by Gasteiger charge is -2.18. The lowest BCUT2D eigenvalue weighted by atomic mass is 9.93. The van der Waals surface area contributed by atoms with Gasteiger partial charge in [0.25, 0.3) is 0 Å². The van der Waals surface area contributed by atoms with E-state index in [1.165, 1.54) is 0 Å². The summed E-state index contributed by atoms with van der Waals surface area (Å²) in [6.45, 7) is 9.51. The molecule has 0 amide bonds. The molecule has 2 nitrogen and oxygen atoms in total. The minimum absolute atomic E-state index is 0.111. The van der Waals surface area contributed by atoms with E-state index in [2.05, 4.69) is 32.6 Å². The molecule has 19 heavy (non-hydrogen) atoms. The van der Waals surface area contributed by atoms with E-state index in [9.17, 15) is 0 Å². The average Bonchev–Trinajstić information content (AvgIpc) is 2.31. The fourth-order valence-corrected chi connectivity index (χ4v) is 1.58. The average molecular weight is 260 g/mol. The number of benzene rings is 1. The van der Waals surface area contributed by atoms with E-state index in [1.54, 1.807) is 0 Å². The third-order valence-corrected chi connectivity index (χ3v) is 2.75. The number of rotatable bonds is 4. The summed E-state index contributed by atoms with van der Waals surface area (Å²) in [4.78, 5) is 0. The van der Waals surface area contributed by atoms with Crippen molar-refractivity contribution in [3.63, 3.8) is 0 Å². The summed E-state index contributed by atoms with van der Waals surface area (Å²) in [5.74, 6) is 6.88. The molecule has 1 aromatic carbocycles. The zero-order valence-corrected chi connectivity index (χ0v) is 12.4. The van der Waals surface area contributed by atoms with E-state index >= 15 is 0 Å². The molecule has 0 unspecified atom stereocenters. The van der Waals surface area contributed by atoms with Crippen molar-refractivity contribution in [1.29, 1.82) is 0 Å². The molecule has 1 N–H and O–H groups in total. The molecule has 0 fully saturated rings. The van der Waals surface area contributed by atoms with Crippen LogP contribution in [0.4, 0.5) is 0 Å². The first kappa shape index (κ1) is 15.6. The van der Waals surface area contributed by atoms with Gasteiger partial charge >= 0.3 is 0 Å². The largest absolute Gasteiger partial charge is 0.493 e. The van der Waals surface area contributed by atoms with Gasteiger partial charge in [-0.2, -0.15) is 0 Å². The maximum absolute atomic E-state index is 8.68. The van der Waals surface area contributed by atoms with E-state index in [-0.39, 0.29) is 6.61 Å². The van der Waals surface area contributed by atoms with Gasteiger partial charge in [0.1, 0.15) is 5.75 Å². The predicted octanol–water partition coefficient (Wildman–Crippen LogP) is 3.54. The van der Waals surface area contributed by atoms with Crippen molar-refractivity contribution in [1.82, 2.24) is 0 Å². The molecule has 0 aliphatic carbocycles. The van der Waals surface area contributed by atoms with Crippen LogP contribution in [0.15, 0.2) is 18.2 Å². The molecule has 0 aromatic heterocycles. The Balaban J connectivity index is 2.60. The maximum atomic E-state index is 8.68. The summed E-state index contributed by atoms with van der Waals surface area (Å²) in [5.41, 5.74) is 2.36. The van der Waals surface area contributed by atoms with Gasteiger partial charge in [0.15, 0.2) is 0 Å². The fraction of sp³-hybridized carbons (Fsp3) is 0.529. The highest BCUT2D eigenvalue weighted by atomic mass is 16.5. The van der Waals surface area contributed by atoms with E-state index in [1.807, 2.05) is 25.1 Å². The summed E-state index contributed by atoms with van der Waals surface area (Å²) in [6.07, 6.45) is 1.55. The van der Waals surface area contributed by atoms with Crippen molar-refractivity contribution in [3.8, 4) is 17.6 Å². The second-order valence-corrected chi connectivity index (χ2v) is 5.91. The van der Waals surface area contributed by atoms with Gasteiger partial charge in [-0.3, -0.25) is 0 Å². The first-order valence-electron chi connectivity index (χ1n) is 6.75. The van der Waals surface area contributed by atoms with E-state index < -0.39 is 0 Å². The molecule has 0 spiro atoms. The van der Waals surface area contributed by atoms with Crippen LogP contribution >= 0.6 is 0 Å². The molecule has 2 heteroatoms. The summed E-state index contributed by atoms with van der Waals surface area (Å²) in [6, 6.07) is 5.96. The van der Waals surface area contributed by atoms with Crippen LogP contribution < -0.4 is 4.74 Å². The smallest absolute Gasteiger partial charge is 0.122 e. The maximum Gasteiger partial charge on any atom is 0.122 e.